The summed E-state index contributed by atoms with van der Waals surface area (Å²) >= 11 is 3.27. The van der Waals surface area contributed by atoms with Crippen LogP contribution in [-0.4, -0.2) is 33.7 Å². The van der Waals surface area contributed by atoms with Crippen LogP contribution in [0, 0.1) is 0 Å². The highest BCUT2D eigenvalue weighted by Crippen LogP contribution is 2.25. The number of methoxy groups -OCH3 is 1. The van der Waals surface area contributed by atoms with E-state index in [0.29, 0.717) is 29.2 Å². The molecule has 0 saturated heterocycles. The summed E-state index contributed by atoms with van der Waals surface area (Å²) in [5.74, 6) is -0.242. The molecule has 0 atom stereocenters. The molecule has 2 aromatic heterocycles. The van der Waals surface area contributed by atoms with Crippen LogP contribution in [0.3, 0.4) is 0 Å². The number of ether oxygens (including phenoxy) is 1. The molecule has 2 aromatic carbocycles. The summed E-state index contributed by atoms with van der Waals surface area (Å²) in [4.78, 5) is 28.0. The number of rotatable bonds is 6. The number of hydrogen-bond acceptors (Lipinski definition) is 4. The minimum absolute atomic E-state index is 0.312. The molecule has 9 heteroatoms. The number of carbonyl (C=O) groups excluding carboxylic acids is 2. The molecule has 0 saturated carbocycles. The van der Waals surface area contributed by atoms with Crippen molar-refractivity contribution >= 4 is 27.7 Å². The lowest BCUT2D eigenvalue weighted by Crippen LogP contribution is -2.41. The van der Waals surface area contributed by atoms with Crippen LogP contribution in [0.2, 0.25) is 0 Å². The Labute approximate surface area is 192 Å². The van der Waals surface area contributed by atoms with E-state index in [1.165, 1.54) is 0 Å². The number of halogens is 1. The number of benzene rings is 2. The Morgan fingerprint density at radius 1 is 1.06 bits per heavy atom. The van der Waals surface area contributed by atoms with Gasteiger partial charge in [0.15, 0.2) is 0 Å². The Balaban J connectivity index is 1.59. The first-order valence-corrected chi connectivity index (χ1v) is 10.5. The monoisotopic (exact) mass is 493 g/mol. The van der Waals surface area contributed by atoms with Gasteiger partial charge in [0, 0.05) is 22.4 Å². The van der Waals surface area contributed by atoms with Crippen LogP contribution in [0.5, 0.6) is 5.75 Å². The zero-order chi connectivity index (χ0) is 22.5. The average molecular weight is 494 g/mol. The van der Waals surface area contributed by atoms with E-state index in [1.807, 2.05) is 42.5 Å². The molecule has 4 rings (SSSR count). The summed E-state index contributed by atoms with van der Waals surface area (Å²) in [6, 6.07) is 18.7. The lowest BCUT2D eigenvalue weighted by Gasteiger charge is -2.07. The first-order chi connectivity index (χ1) is 15.5. The van der Waals surface area contributed by atoms with E-state index in [2.05, 4.69) is 36.9 Å². The standard InChI is InChI=1S/C23H20BrN5O3/c1-32-18-9-7-16(8-10-18)21-19(14-29(28-21)13-15-5-3-2-4-6-15)22(30)26-27-23(31)20-11-17(24)12-25-20/h2-12,14,25H,13H2,1H3,(H,26,30)(H,27,31). The number of H-pyrrole nitrogens is 1. The van der Waals surface area contributed by atoms with Crippen molar-refractivity contribution in [3.05, 3.63) is 94.4 Å². The Kier molecular flexibility index (Phi) is 6.37. The third-order valence-electron chi connectivity index (χ3n) is 4.74. The molecule has 0 aliphatic rings. The third-order valence-corrected chi connectivity index (χ3v) is 5.20. The fourth-order valence-electron chi connectivity index (χ4n) is 3.15. The van der Waals surface area contributed by atoms with E-state index in [-0.39, 0.29) is 0 Å². The Morgan fingerprint density at radius 3 is 2.44 bits per heavy atom. The molecule has 3 N–H and O–H groups in total. The van der Waals surface area contributed by atoms with E-state index in [0.717, 1.165) is 15.6 Å². The van der Waals surface area contributed by atoms with Gasteiger partial charge in [0.05, 0.1) is 19.2 Å². The van der Waals surface area contributed by atoms with Gasteiger partial charge in [0.25, 0.3) is 11.8 Å². The van der Waals surface area contributed by atoms with Gasteiger partial charge in [-0.15, -0.1) is 0 Å². The Bertz CT molecular complexity index is 1230. The first kappa shape index (κ1) is 21.4. The molecule has 8 nitrogen and oxygen atoms in total. The second-order valence-corrected chi connectivity index (χ2v) is 7.86. The van der Waals surface area contributed by atoms with Crippen molar-refractivity contribution in [3.8, 4) is 17.0 Å². The molecule has 0 radical (unpaired) electrons. The van der Waals surface area contributed by atoms with Gasteiger partial charge in [0.2, 0.25) is 0 Å². The first-order valence-electron chi connectivity index (χ1n) is 9.74. The fourth-order valence-corrected chi connectivity index (χ4v) is 3.49. The van der Waals surface area contributed by atoms with Gasteiger partial charge < -0.3 is 9.72 Å². The van der Waals surface area contributed by atoms with Crippen molar-refractivity contribution in [1.29, 1.82) is 0 Å². The minimum atomic E-state index is -0.478. The summed E-state index contributed by atoms with van der Waals surface area (Å²) in [5, 5.41) is 4.63. The molecular formula is C23H20BrN5O3. The minimum Gasteiger partial charge on any atom is -0.497 e. The summed E-state index contributed by atoms with van der Waals surface area (Å²) in [6.07, 6.45) is 3.30. The summed E-state index contributed by atoms with van der Waals surface area (Å²) in [7, 11) is 1.59. The molecule has 0 bridgehead atoms. The summed E-state index contributed by atoms with van der Waals surface area (Å²) < 4.78 is 7.65. The maximum atomic E-state index is 12.9. The smallest absolute Gasteiger partial charge is 0.286 e. The van der Waals surface area contributed by atoms with Gasteiger partial charge in [-0.05, 0) is 51.8 Å². The molecule has 0 aliphatic heterocycles. The highest BCUT2D eigenvalue weighted by molar-refractivity contribution is 9.10. The maximum Gasteiger partial charge on any atom is 0.286 e. The van der Waals surface area contributed by atoms with Gasteiger partial charge in [-0.3, -0.25) is 25.1 Å². The molecule has 0 unspecified atom stereocenters. The molecule has 0 fully saturated rings. The third kappa shape index (κ3) is 4.89. The van der Waals surface area contributed by atoms with E-state index in [9.17, 15) is 9.59 Å². The van der Waals surface area contributed by atoms with Gasteiger partial charge in [-0.2, -0.15) is 5.10 Å². The van der Waals surface area contributed by atoms with Crippen LogP contribution in [0.25, 0.3) is 11.3 Å². The SMILES string of the molecule is COc1ccc(-c2nn(Cc3ccccc3)cc2C(=O)NNC(=O)c2cc(Br)c[nH]2)cc1. The van der Waals surface area contributed by atoms with E-state index < -0.39 is 11.8 Å². The zero-order valence-electron chi connectivity index (χ0n) is 17.1. The van der Waals surface area contributed by atoms with Gasteiger partial charge in [-0.25, -0.2) is 0 Å². The van der Waals surface area contributed by atoms with Gasteiger partial charge in [-0.1, -0.05) is 30.3 Å². The molecule has 32 heavy (non-hydrogen) atoms. The fraction of sp³-hybridized carbons (Fsp3) is 0.0870. The lowest BCUT2D eigenvalue weighted by molar-refractivity contribution is 0.0844. The quantitative estimate of drug-likeness (QED) is 0.355. The van der Waals surface area contributed by atoms with Crippen molar-refractivity contribution in [2.45, 2.75) is 6.54 Å². The molecule has 4 aromatic rings. The number of carbonyl (C=O) groups is 2. The van der Waals surface area contributed by atoms with Crippen molar-refractivity contribution in [2.75, 3.05) is 7.11 Å². The average Bonchev–Trinajstić information content (AvgIpc) is 3.44. The largest absolute Gasteiger partial charge is 0.497 e. The predicted molar refractivity (Wildman–Crippen MR) is 123 cm³/mol. The Hall–Kier alpha value is -3.85. The van der Waals surface area contributed by atoms with Gasteiger partial charge in [0.1, 0.15) is 17.1 Å². The van der Waals surface area contributed by atoms with Crippen molar-refractivity contribution < 1.29 is 14.3 Å². The van der Waals surface area contributed by atoms with E-state index in [4.69, 9.17) is 4.74 Å². The number of aromatic nitrogens is 3. The molecule has 162 valence electrons. The highest BCUT2D eigenvalue weighted by Gasteiger charge is 2.19. The Morgan fingerprint density at radius 2 is 1.78 bits per heavy atom. The second-order valence-electron chi connectivity index (χ2n) is 6.94. The van der Waals surface area contributed by atoms with Crippen LogP contribution in [-0.2, 0) is 6.54 Å². The van der Waals surface area contributed by atoms with Crippen molar-refractivity contribution in [1.82, 2.24) is 25.6 Å². The van der Waals surface area contributed by atoms with Crippen LogP contribution in [0.1, 0.15) is 26.4 Å². The van der Waals surface area contributed by atoms with E-state index in [1.54, 1.807) is 42.4 Å². The van der Waals surface area contributed by atoms with Crippen molar-refractivity contribution in [3.63, 3.8) is 0 Å². The van der Waals surface area contributed by atoms with Crippen LogP contribution >= 0.6 is 15.9 Å². The van der Waals surface area contributed by atoms with Crippen LogP contribution in [0.4, 0.5) is 0 Å². The number of nitrogens with one attached hydrogen (secondary N) is 3. The van der Waals surface area contributed by atoms with Gasteiger partial charge >= 0.3 is 0 Å². The van der Waals surface area contributed by atoms with Crippen LogP contribution < -0.4 is 15.6 Å². The number of amides is 2. The van der Waals surface area contributed by atoms with Crippen molar-refractivity contribution in [2.24, 2.45) is 0 Å². The van der Waals surface area contributed by atoms with E-state index >= 15 is 0 Å². The zero-order valence-corrected chi connectivity index (χ0v) is 18.7. The topological polar surface area (TPSA) is 101 Å². The summed E-state index contributed by atoms with van der Waals surface area (Å²) in [6.45, 7) is 0.500. The lowest BCUT2D eigenvalue weighted by atomic mass is 10.1. The number of hydrazine groups is 1. The maximum absolute atomic E-state index is 12.9. The molecule has 0 spiro atoms. The molecular weight excluding hydrogens is 474 g/mol. The summed E-state index contributed by atoms with van der Waals surface area (Å²) in [5.41, 5.74) is 7.83. The number of nitrogens with zero attached hydrogens (tertiary/aromatic N) is 2. The normalized spacial score (nSPS) is 10.6. The predicted octanol–water partition coefficient (Wildman–Crippen LogP) is 3.77. The highest BCUT2D eigenvalue weighted by atomic mass is 79.9. The number of aromatic amines is 1. The van der Waals surface area contributed by atoms with Crippen LogP contribution in [0.15, 0.2) is 77.5 Å². The molecule has 0 aliphatic carbocycles. The number of hydrogen-bond donors (Lipinski definition) is 3. The molecule has 2 amide bonds. The molecule has 2 heterocycles. The second kappa shape index (κ2) is 9.52.